The molecule has 4 rings (SSSR count). The first kappa shape index (κ1) is 26.6. The molecule has 0 saturated heterocycles. The lowest BCUT2D eigenvalue weighted by molar-refractivity contribution is 0.104. The average Bonchev–Trinajstić information content (AvgIpc) is 3.61. The Bertz CT molecular complexity index is 1070. The second-order valence-corrected chi connectivity index (χ2v) is 13.2. The van der Waals surface area contributed by atoms with Crippen molar-refractivity contribution in [2.24, 2.45) is 17.8 Å². The minimum absolute atomic E-state index is 0.130. The molecule has 192 valence electrons. The Kier molecular flexibility index (Phi) is 9.29. The third-order valence-corrected chi connectivity index (χ3v) is 10.0. The van der Waals surface area contributed by atoms with E-state index in [1.807, 2.05) is 18.3 Å². The summed E-state index contributed by atoms with van der Waals surface area (Å²) in [7, 11) is -3.14. The first-order valence-corrected chi connectivity index (χ1v) is 15.5. The van der Waals surface area contributed by atoms with Crippen molar-refractivity contribution in [2.45, 2.75) is 89.1 Å². The van der Waals surface area contributed by atoms with Gasteiger partial charge in [0.1, 0.15) is 0 Å². The first-order chi connectivity index (χ1) is 16.9. The molecule has 0 amide bonds. The van der Waals surface area contributed by atoms with Crippen LogP contribution in [0.2, 0.25) is 5.02 Å². The Morgan fingerprint density at radius 2 is 1.74 bits per heavy atom. The van der Waals surface area contributed by atoms with Gasteiger partial charge in [-0.3, -0.25) is 4.98 Å². The van der Waals surface area contributed by atoms with Gasteiger partial charge in [0.05, 0.1) is 28.9 Å². The molecule has 2 saturated carbocycles. The van der Waals surface area contributed by atoms with Gasteiger partial charge in [-0.2, -0.15) is 0 Å². The predicted molar refractivity (Wildman–Crippen MR) is 143 cm³/mol. The molecule has 35 heavy (non-hydrogen) atoms. The molecule has 1 aromatic carbocycles. The molecule has 0 N–H and O–H groups in total. The van der Waals surface area contributed by atoms with Crippen molar-refractivity contribution in [2.75, 3.05) is 12.4 Å². The number of aromatic nitrogens is 1. The summed E-state index contributed by atoms with van der Waals surface area (Å²) in [5, 5.41) is 0.747. The fourth-order valence-electron chi connectivity index (χ4n) is 5.88. The number of hydrogen-bond acceptors (Lipinski definition) is 4. The van der Waals surface area contributed by atoms with Crippen LogP contribution in [0.3, 0.4) is 0 Å². The second-order valence-electron chi connectivity index (χ2n) is 10.4. The van der Waals surface area contributed by atoms with E-state index in [0.717, 1.165) is 35.4 Å². The molecule has 0 spiro atoms. The first-order valence-electron chi connectivity index (χ1n) is 13.4. The van der Waals surface area contributed by atoms with E-state index in [2.05, 4.69) is 13.0 Å². The molecule has 6 heteroatoms. The monoisotopic (exact) mass is 517 g/mol. The summed E-state index contributed by atoms with van der Waals surface area (Å²) in [4.78, 5) is 5.15. The summed E-state index contributed by atoms with van der Waals surface area (Å²) >= 11 is 6.20. The number of hydrogen-bond donors (Lipinski definition) is 0. The average molecular weight is 518 g/mol. The number of nitrogens with zero attached hydrogens (tertiary/aromatic N) is 1. The predicted octanol–water partition coefficient (Wildman–Crippen LogP) is 7.39. The van der Waals surface area contributed by atoms with Crippen LogP contribution in [-0.4, -0.2) is 25.8 Å². The van der Waals surface area contributed by atoms with Gasteiger partial charge in [0.25, 0.3) is 0 Å². The van der Waals surface area contributed by atoms with Gasteiger partial charge in [-0.15, -0.1) is 0 Å². The Morgan fingerprint density at radius 1 is 1.03 bits per heavy atom. The molecule has 4 unspecified atom stereocenters. The van der Waals surface area contributed by atoms with Crippen LogP contribution < -0.4 is 0 Å². The summed E-state index contributed by atoms with van der Waals surface area (Å²) in [5.41, 5.74) is 3.64. The summed E-state index contributed by atoms with van der Waals surface area (Å²) in [6.45, 7) is 5.24. The van der Waals surface area contributed by atoms with E-state index in [1.54, 1.807) is 19.1 Å². The molecular formula is C29H40ClNO3S. The van der Waals surface area contributed by atoms with Crippen LogP contribution in [0.15, 0.2) is 41.4 Å². The molecule has 2 aliphatic rings. The van der Waals surface area contributed by atoms with Gasteiger partial charge in [-0.05, 0) is 72.8 Å². The van der Waals surface area contributed by atoms with Crippen LogP contribution in [0, 0.1) is 17.8 Å². The molecule has 2 aliphatic carbocycles. The van der Waals surface area contributed by atoms with Crippen molar-refractivity contribution in [1.29, 1.82) is 0 Å². The number of pyridine rings is 1. The van der Waals surface area contributed by atoms with Crippen molar-refractivity contribution < 1.29 is 13.2 Å². The Balaban J connectivity index is 1.23. The van der Waals surface area contributed by atoms with Gasteiger partial charge in [0, 0.05) is 17.8 Å². The highest BCUT2D eigenvalue weighted by molar-refractivity contribution is 7.91. The minimum Gasteiger partial charge on any atom is -0.376 e. The van der Waals surface area contributed by atoms with E-state index in [9.17, 15) is 8.42 Å². The van der Waals surface area contributed by atoms with Gasteiger partial charge in [0.15, 0.2) is 9.84 Å². The van der Waals surface area contributed by atoms with Gasteiger partial charge < -0.3 is 4.74 Å². The van der Waals surface area contributed by atoms with E-state index < -0.39 is 9.84 Å². The summed E-state index contributed by atoms with van der Waals surface area (Å²) < 4.78 is 30.0. The quantitative estimate of drug-likeness (QED) is 0.348. The largest absolute Gasteiger partial charge is 0.376 e. The molecule has 4 nitrogen and oxygen atoms in total. The maximum absolute atomic E-state index is 12.0. The fraction of sp³-hybridized carbons (Fsp3) is 0.621. The molecule has 4 atom stereocenters. The standard InChI is InChI=1S/C29H40ClNO3S/c1-3-22-16-26(30)18-31-29(22)24-9-6-5-8-23(10-7-11-24)28-17-25(28)20-34-19-21-12-14-27(15-13-21)35(32,33)4-2/h12-16,18,23-25,28H,3-11,17,19-20H2,1-2H3. The second kappa shape index (κ2) is 12.2. The van der Waals surface area contributed by atoms with Crippen LogP contribution in [0.25, 0.3) is 0 Å². The lowest BCUT2D eigenvalue weighted by Crippen LogP contribution is -2.08. The van der Waals surface area contributed by atoms with Crippen LogP contribution in [0.1, 0.15) is 88.0 Å². The van der Waals surface area contributed by atoms with E-state index in [-0.39, 0.29) is 5.75 Å². The maximum Gasteiger partial charge on any atom is 0.178 e. The van der Waals surface area contributed by atoms with E-state index >= 15 is 0 Å². The topological polar surface area (TPSA) is 56.3 Å². The zero-order valence-electron chi connectivity index (χ0n) is 21.2. The SMILES string of the molecule is CCc1cc(Cl)cnc1C1CCCCC(C2CC2COCc2ccc(S(=O)(=O)CC)cc2)CCC1. The van der Waals surface area contributed by atoms with Crippen molar-refractivity contribution in [3.63, 3.8) is 0 Å². The number of sulfone groups is 1. The fourth-order valence-corrected chi connectivity index (χ4v) is 6.95. The zero-order valence-corrected chi connectivity index (χ0v) is 22.8. The minimum atomic E-state index is -3.14. The number of benzene rings is 1. The summed E-state index contributed by atoms with van der Waals surface area (Å²) in [6, 6.07) is 9.26. The molecule has 1 aromatic heterocycles. The molecule has 0 aliphatic heterocycles. The Morgan fingerprint density at radius 3 is 2.49 bits per heavy atom. The highest BCUT2D eigenvalue weighted by Crippen LogP contribution is 2.49. The Hall–Kier alpha value is -1.43. The molecule has 2 aromatic rings. The van der Waals surface area contributed by atoms with Crippen molar-refractivity contribution in [3.05, 3.63) is 58.4 Å². The van der Waals surface area contributed by atoms with Crippen LogP contribution in [0.4, 0.5) is 0 Å². The maximum atomic E-state index is 12.0. The Labute approximate surface area is 216 Å². The number of halogens is 1. The van der Waals surface area contributed by atoms with Gasteiger partial charge >= 0.3 is 0 Å². The molecule has 1 heterocycles. The van der Waals surface area contributed by atoms with Gasteiger partial charge in [-0.25, -0.2) is 8.42 Å². The molecule has 0 radical (unpaired) electrons. The van der Waals surface area contributed by atoms with Crippen molar-refractivity contribution >= 4 is 21.4 Å². The third-order valence-electron chi connectivity index (χ3n) is 8.09. The van der Waals surface area contributed by atoms with E-state index in [0.29, 0.717) is 23.3 Å². The molecule has 2 fully saturated rings. The summed E-state index contributed by atoms with van der Waals surface area (Å²) in [5.74, 6) is 3.01. The highest BCUT2D eigenvalue weighted by Gasteiger charge is 2.42. The molecule has 0 bridgehead atoms. The molecular weight excluding hydrogens is 478 g/mol. The smallest absolute Gasteiger partial charge is 0.178 e. The van der Waals surface area contributed by atoms with Crippen molar-refractivity contribution in [1.82, 2.24) is 4.98 Å². The third kappa shape index (κ3) is 7.08. The lowest BCUT2D eigenvalue weighted by atomic mass is 9.89. The van der Waals surface area contributed by atoms with E-state index in [1.165, 1.54) is 62.6 Å². The number of aryl methyl sites for hydroxylation is 1. The lowest BCUT2D eigenvalue weighted by Gasteiger charge is -2.19. The van der Waals surface area contributed by atoms with Crippen LogP contribution in [-0.2, 0) is 27.6 Å². The van der Waals surface area contributed by atoms with Gasteiger partial charge in [-0.1, -0.05) is 69.7 Å². The number of rotatable bonds is 9. The highest BCUT2D eigenvalue weighted by atomic mass is 35.5. The number of ether oxygens (including phenoxy) is 1. The van der Waals surface area contributed by atoms with Crippen LogP contribution >= 0.6 is 11.6 Å². The van der Waals surface area contributed by atoms with Crippen molar-refractivity contribution in [3.8, 4) is 0 Å². The van der Waals surface area contributed by atoms with E-state index in [4.69, 9.17) is 21.3 Å². The zero-order chi connectivity index (χ0) is 24.8. The van der Waals surface area contributed by atoms with Crippen LogP contribution in [0.5, 0.6) is 0 Å². The normalized spacial score (nSPS) is 25.5. The van der Waals surface area contributed by atoms with Gasteiger partial charge in [0.2, 0.25) is 0 Å². The summed E-state index contributed by atoms with van der Waals surface area (Å²) in [6.07, 6.45) is 13.1.